The molecule has 8 heteroatoms. The maximum absolute atomic E-state index is 12.3. The first-order valence-electron chi connectivity index (χ1n) is 7.69. The lowest BCUT2D eigenvalue weighted by Crippen LogP contribution is -2.29. The Bertz CT molecular complexity index is 774. The molecular formula is C18H17F3N2O3. The number of amides is 2. The van der Waals surface area contributed by atoms with E-state index in [-0.39, 0.29) is 18.0 Å². The average molecular weight is 366 g/mol. The van der Waals surface area contributed by atoms with Crippen LogP contribution in [0.4, 0.5) is 24.5 Å². The molecule has 0 aromatic heterocycles. The summed E-state index contributed by atoms with van der Waals surface area (Å²) in [7, 11) is 1.56. The van der Waals surface area contributed by atoms with Crippen LogP contribution in [0.5, 0.6) is 5.75 Å². The number of aryl methyl sites for hydroxylation is 1. The number of nitrogens with one attached hydrogen (secondary N) is 2. The highest BCUT2D eigenvalue weighted by atomic mass is 19.4. The average Bonchev–Trinajstić information content (AvgIpc) is 2.60. The van der Waals surface area contributed by atoms with Crippen LogP contribution in [0.1, 0.15) is 12.0 Å². The third-order valence-corrected chi connectivity index (χ3v) is 3.46. The number of hydrogen-bond donors (Lipinski definition) is 2. The molecule has 0 aliphatic heterocycles. The van der Waals surface area contributed by atoms with E-state index in [1.54, 1.807) is 24.6 Å². The lowest BCUT2D eigenvalue weighted by Gasteiger charge is -2.10. The summed E-state index contributed by atoms with van der Waals surface area (Å²) in [5, 5.41) is 4.33. The number of carbonyl (C=O) groups is 2. The topological polar surface area (TPSA) is 67.4 Å². The molecule has 0 atom stereocenters. The van der Waals surface area contributed by atoms with Crippen molar-refractivity contribution in [1.29, 1.82) is 0 Å². The molecule has 0 spiro atoms. The summed E-state index contributed by atoms with van der Waals surface area (Å²) < 4.78 is 41.8. The van der Waals surface area contributed by atoms with Gasteiger partial charge in [0, 0.05) is 17.8 Å². The number of methoxy groups -OCH3 is 1. The van der Waals surface area contributed by atoms with E-state index in [1.165, 1.54) is 24.3 Å². The van der Waals surface area contributed by atoms with E-state index in [1.807, 2.05) is 12.1 Å². The second kappa shape index (κ2) is 8.37. The van der Waals surface area contributed by atoms with Gasteiger partial charge in [0.1, 0.15) is 5.75 Å². The minimum atomic E-state index is -4.97. The van der Waals surface area contributed by atoms with Crippen molar-refractivity contribution in [2.75, 3.05) is 17.7 Å². The molecule has 0 bridgehead atoms. The van der Waals surface area contributed by atoms with Gasteiger partial charge in [0.25, 0.3) is 0 Å². The molecule has 0 heterocycles. The van der Waals surface area contributed by atoms with Crippen LogP contribution < -0.4 is 15.4 Å². The Kier molecular flexibility index (Phi) is 6.21. The highest BCUT2D eigenvalue weighted by Gasteiger charge is 2.38. The molecule has 26 heavy (non-hydrogen) atoms. The Morgan fingerprint density at radius 3 is 2.19 bits per heavy atom. The van der Waals surface area contributed by atoms with Crippen LogP contribution in [-0.4, -0.2) is 25.1 Å². The van der Waals surface area contributed by atoms with Gasteiger partial charge in [-0.25, -0.2) is 0 Å². The van der Waals surface area contributed by atoms with E-state index >= 15 is 0 Å². The Morgan fingerprint density at radius 2 is 1.62 bits per heavy atom. The zero-order valence-electron chi connectivity index (χ0n) is 13.9. The Hall–Kier alpha value is -3.03. The highest BCUT2D eigenvalue weighted by molar-refractivity contribution is 5.96. The fourth-order valence-corrected chi connectivity index (χ4v) is 2.15. The van der Waals surface area contributed by atoms with E-state index in [0.717, 1.165) is 11.3 Å². The molecule has 0 fully saturated rings. The van der Waals surface area contributed by atoms with Crippen molar-refractivity contribution in [1.82, 2.24) is 0 Å². The molecule has 0 aliphatic rings. The van der Waals surface area contributed by atoms with Crippen molar-refractivity contribution in [2.24, 2.45) is 0 Å². The fraction of sp³-hybridized carbons (Fsp3) is 0.222. The molecule has 0 saturated carbocycles. The number of anilines is 2. The van der Waals surface area contributed by atoms with Gasteiger partial charge < -0.3 is 15.4 Å². The lowest BCUT2D eigenvalue weighted by molar-refractivity contribution is -0.167. The number of rotatable bonds is 6. The molecule has 0 unspecified atom stereocenters. The summed E-state index contributed by atoms with van der Waals surface area (Å²) in [5.74, 6) is -1.64. The number of ether oxygens (including phenoxy) is 1. The van der Waals surface area contributed by atoms with Gasteiger partial charge >= 0.3 is 12.1 Å². The van der Waals surface area contributed by atoms with Crippen LogP contribution >= 0.6 is 0 Å². The summed E-state index contributed by atoms with van der Waals surface area (Å²) >= 11 is 0. The number of halogens is 3. The Balaban J connectivity index is 1.90. The van der Waals surface area contributed by atoms with Crippen molar-refractivity contribution in [3.05, 3.63) is 54.1 Å². The van der Waals surface area contributed by atoms with Gasteiger partial charge in [-0.2, -0.15) is 13.2 Å². The second-order valence-corrected chi connectivity index (χ2v) is 5.43. The molecule has 2 aromatic carbocycles. The maximum Gasteiger partial charge on any atom is 0.471 e. The molecule has 2 N–H and O–H groups in total. The van der Waals surface area contributed by atoms with Crippen molar-refractivity contribution in [3.63, 3.8) is 0 Å². The van der Waals surface area contributed by atoms with Crippen molar-refractivity contribution in [2.45, 2.75) is 19.0 Å². The van der Waals surface area contributed by atoms with E-state index < -0.39 is 12.1 Å². The minimum Gasteiger partial charge on any atom is -0.497 e. The second-order valence-electron chi connectivity index (χ2n) is 5.43. The van der Waals surface area contributed by atoms with E-state index in [0.29, 0.717) is 12.1 Å². The Morgan fingerprint density at radius 1 is 1.00 bits per heavy atom. The molecular weight excluding hydrogens is 349 g/mol. The predicted molar refractivity (Wildman–Crippen MR) is 91.1 cm³/mol. The third kappa shape index (κ3) is 5.80. The van der Waals surface area contributed by atoms with Crippen molar-refractivity contribution >= 4 is 23.2 Å². The van der Waals surface area contributed by atoms with Gasteiger partial charge in [-0.05, 0) is 42.3 Å². The first-order chi connectivity index (χ1) is 12.3. The van der Waals surface area contributed by atoms with Gasteiger partial charge in [0.15, 0.2) is 0 Å². The van der Waals surface area contributed by atoms with Crippen molar-refractivity contribution < 1.29 is 27.5 Å². The smallest absolute Gasteiger partial charge is 0.471 e. The SMILES string of the molecule is COc1ccc(CCC(=O)Nc2cccc(NC(=O)C(F)(F)F)c2)cc1. The zero-order chi connectivity index (χ0) is 19.2. The minimum absolute atomic E-state index is 0.0553. The van der Waals surface area contributed by atoms with Gasteiger partial charge in [-0.3, -0.25) is 9.59 Å². The third-order valence-electron chi connectivity index (χ3n) is 3.46. The van der Waals surface area contributed by atoms with E-state index in [2.05, 4.69) is 5.32 Å². The van der Waals surface area contributed by atoms with Gasteiger partial charge in [0.2, 0.25) is 5.91 Å². The number of carbonyl (C=O) groups excluding carboxylic acids is 2. The summed E-state index contributed by atoms with van der Waals surface area (Å²) in [6.45, 7) is 0. The largest absolute Gasteiger partial charge is 0.497 e. The quantitative estimate of drug-likeness (QED) is 0.818. The van der Waals surface area contributed by atoms with Gasteiger partial charge in [-0.15, -0.1) is 0 Å². The van der Waals surface area contributed by atoms with E-state index in [4.69, 9.17) is 4.74 Å². The monoisotopic (exact) mass is 366 g/mol. The lowest BCUT2D eigenvalue weighted by atomic mass is 10.1. The maximum atomic E-state index is 12.3. The van der Waals surface area contributed by atoms with Crippen LogP contribution in [0.2, 0.25) is 0 Å². The first kappa shape index (κ1) is 19.3. The fourth-order valence-electron chi connectivity index (χ4n) is 2.15. The molecule has 0 saturated heterocycles. The number of benzene rings is 2. The Labute approximate surface area is 148 Å². The first-order valence-corrected chi connectivity index (χ1v) is 7.69. The molecule has 0 aliphatic carbocycles. The number of alkyl halides is 3. The van der Waals surface area contributed by atoms with Crippen LogP contribution in [0, 0.1) is 0 Å². The van der Waals surface area contributed by atoms with Crippen LogP contribution in [0.15, 0.2) is 48.5 Å². The summed E-state index contributed by atoms with van der Waals surface area (Å²) in [6, 6.07) is 12.8. The summed E-state index contributed by atoms with van der Waals surface area (Å²) in [5.41, 5.74) is 1.19. The number of hydrogen-bond acceptors (Lipinski definition) is 3. The highest BCUT2D eigenvalue weighted by Crippen LogP contribution is 2.20. The summed E-state index contributed by atoms with van der Waals surface area (Å²) in [6.07, 6.45) is -4.27. The van der Waals surface area contributed by atoms with Crippen LogP contribution in [-0.2, 0) is 16.0 Å². The zero-order valence-corrected chi connectivity index (χ0v) is 13.9. The molecule has 2 amide bonds. The summed E-state index contributed by atoms with van der Waals surface area (Å²) in [4.78, 5) is 22.9. The molecule has 2 aromatic rings. The normalized spacial score (nSPS) is 10.9. The van der Waals surface area contributed by atoms with Gasteiger partial charge in [-0.1, -0.05) is 18.2 Å². The van der Waals surface area contributed by atoms with Crippen molar-refractivity contribution in [3.8, 4) is 5.75 Å². The molecule has 5 nitrogen and oxygen atoms in total. The predicted octanol–water partition coefficient (Wildman–Crippen LogP) is 3.77. The van der Waals surface area contributed by atoms with E-state index in [9.17, 15) is 22.8 Å². The standard InChI is InChI=1S/C18H17F3N2O3/c1-26-15-8-5-12(6-9-15)7-10-16(24)22-13-3-2-4-14(11-13)23-17(25)18(19,20)21/h2-6,8-9,11H,7,10H2,1H3,(H,22,24)(H,23,25). The molecule has 138 valence electrons. The van der Waals surface area contributed by atoms with Gasteiger partial charge in [0.05, 0.1) is 7.11 Å². The van der Waals surface area contributed by atoms with Crippen LogP contribution in [0.3, 0.4) is 0 Å². The molecule has 0 radical (unpaired) electrons. The van der Waals surface area contributed by atoms with Crippen LogP contribution in [0.25, 0.3) is 0 Å². The molecule has 2 rings (SSSR count).